The molecule has 0 spiro atoms. The fourth-order valence-electron chi connectivity index (χ4n) is 2.58. The van der Waals surface area contributed by atoms with Gasteiger partial charge in [0.1, 0.15) is 0 Å². The molecule has 0 radical (unpaired) electrons. The molecule has 2 N–H and O–H groups in total. The van der Waals surface area contributed by atoms with Crippen molar-refractivity contribution in [1.29, 1.82) is 0 Å². The van der Waals surface area contributed by atoms with Crippen LogP contribution in [0.5, 0.6) is 0 Å². The van der Waals surface area contributed by atoms with E-state index in [1.165, 1.54) is 5.56 Å². The maximum absolute atomic E-state index is 12.2. The lowest BCUT2D eigenvalue weighted by molar-refractivity contribution is -0.117. The number of aliphatic hydroxyl groups excluding tert-OH is 1. The Morgan fingerprint density at radius 3 is 2.35 bits per heavy atom. The smallest absolute Gasteiger partial charge is 0.238 e. The molecule has 1 aromatic carbocycles. The predicted octanol–water partition coefficient (Wildman–Crippen LogP) is 2.27. The van der Waals surface area contributed by atoms with E-state index in [1.807, 2.05) is 41.7 Å². The van der Waals surface area contributed by atoms with Crippen molar-refractivity contribution in [3.8, 4) is 0 Å². The fourth-order valence-corrected chi connectivity index (χ4v) is 2.58. The number of aryl methyl sites for hydroxylation is 3. The first-order chi connectivity index (χ1) is 10.7. The molecule has 0 aliphatic heterocycles. The number of amides is 1. The van der Waals surface area contributed by atoms with Crippen molar-refractivity contribution < 1.29 is 14.6 Å². The number of likely N-dealkylation sites (N-methyl/N-ethyl adjacent to an activating group) is 1. The summed E-state index contributed by atoms with van der Waals surface area (Å²) in [5.41, 5.74) is 4.17. The van der Waals surface area contributed by atoms with E-state index in [2.05, 4.69) is 17.4 Å². The number of nitrogens with one attached hydrogen (secondary N) is 1. The number of hydrogen-bond acceptors (Lipinski definition) is 4. The minimum Gasteiger partial charge on any atom is -0.389 e. The molecule has 0 aromatic heterocycles. The van der Waals surface area contributed by atoms with Gasteiger partial charge in [-0.1, -0.05) is 17.7 Å². The predicted molar refractivity (Wildman–Crippen MR) is 93.9 cm³/mol. The third kappa shape index (κ3) is 7.12. The SMILES string of the molecule is Cc1cc(C)c(NC(=O)CN(C)CC(O)COC(C)C)c(C)c1. The van der Waals surface area contributed by atoms with Gasteiger partial charge < -0.3 is 15.2 Å². The molecule has 1 rings (SSSR count). The summed E-state index contributed by atoms with van der Waals surface area (Å²) in [4.78, 5) is 14.0. The molecular weight excluding hydrogens is 292 g/mol. The average Bonchev–Trinajstić information content (AvgIpc) is 2.40. The van der Waals surface area contributed by atoms with Gasteiger partial charge in [-0.2, -0.15) is 0 Å². The van der Waals surface area contributed by atoms with Crippen LogP contribution in [0.25, 0.3) is 0 Å². The van der Waals surface area contributed by atoms with Gasteiger partial charge in [0.05, 0.1) is 25.4 Å². The molecule has 0 aliphatic rings. The fraction of sp³-hybridized carbons (Fsp3) is 0.611. The van der Waals surface area contributed by atoms with Crippen molar-refractivity contribution in [3.05, 3.63) is 28.8 Å². The van der Waals surface area contributed by atoms with Crippen LogP contribution in [0.1, 0.15) is 30.5 Å². The normalized spacial score (nSPS) is 12.7. The number of aliphatic hydroxyl groups is 1. The second-order valence-electron chi connectivity index (χ2n) is 6.55. The van der Waals surface area contributed by atoms with Gasteiger partial charge >= 0.3 is 0 Å². The Hall–Kier alpha value is -1.43. The van der Waals surface area contributed by atoms with Gasteiger partial charge in [-0.05, 0) is 52.8 Å². The van der Waals surface area contributed by atoms with Crippen molar-refractivity contribution >= 4 is 11.6 Å². The number of carbonyl (C=O) groups is 1. The van der Waals surface area contributed by atoms with E-state index in [0.29, 0.717) is 6.54 Å². The van der Waals surface area contributed by atoms with E-state index in [0.717, 1.165) is 16.8 Å². The lowest BCUT2D eigenvalue weighted by Gasteiger charge is -2.21. The third-order valence-corrected chi connectivity index (χ3v) is 3.50. The quantitative estimate of drug-likeness (QED) is 0.771. The summed E-state index contributed by atoms with van der Waals surface area (Å²) in [6, 6.07) is 4.11. The van der Waals surface area contributed by atoms with E-state index in [1.54, 1.807) is 4.90 Å². The van der Waals surface area contributed by atoms with Gasteiger partial charge in [-0.25, -0.2) is 0 Å². The zero-order chi connectivity index (χ0) is 17.6. The van der Waals surface area contributed by atoms with Gasteiger partial charge in [0.15, 0.2) is 0 Å². The number of rotatable bonds is 8. The standard InChI is InChI=1S/C18H30N2O3/c1-12(2)23-11-16(21)9-20(6)10-17(22)19-18-14(4)7-13(3)8-15(18)5/h7-8,12,16,21H,9-11H2,1-6H3,(H,19,22). The van der Waals surface area contributed by atoms with Crippen LogP contribution in [0, 0.1) is 20.8 Å². The molecule has 23 heavy (non-hydrogen) atoms. The molecule has 0 saturated heterocycles. The van der Waals surface area contributed by atoms with Gasteiger partial charge in [-0.15, -0.1) is 0 Å². The number of nitrogens with zero attached hydrogens (tertiary/aromatic N) is 1. The third-order valence-electron chi connectivity index (χ3n) is 3.50. The minimum absolute atomic E-state index is 0.0838. The number of carbonyl (C=O) groups excluding carboxylic acids is 1. The highest BCUT2D eigenvalue weighted by molar-refractivity contribution is 5.93. The van der Waals surface area contributed by atoms with Crippen molar-refractivity contribution in [2.75, 3.05) is 32.1 Å². The van der Waals surface area contributed by atoms with Gasteiger partial charge in [0.2, 0.25) is 5.91 Å². The van der Waals surface area contributed by atoms with Crippen molar-refractivity contribution in [1.82, 2.24) is 4.90 Å². The zero-order valence-corrected chi connectivity index (χ0v) is 15.1. The number of benzene rings is 1. The first kappa shape index (κ1) is 19.6. The number of hydrogen-bond donors (Lipinski definition) is 2. The topological polar surface area (TPSA) is 61.8 Å². The van der Waals surface area contributed by atoms with E-state index < -0.39 is 6.10 Å². The molecule has 0 fully saturated rings. The summed E-state index contributed by atoms with van der Waals surface area (Å²) >= 11 is 0. The van der Waals surface area contributed by atoms with E-state index in [4.69, 9.17) is 4.74 Å². The molecule has 1 amide bonds. The first-order valence-corrected chi connectivity index (χ1v) is 8.05. The monoisotopic (exact) mass is 322 g/mol. The number of anilines is 1. The van der Waals surface area contributed by atoms with Crippen LogP contribution in [-0.4, -0.2) is 54.9 Å². The minimum atomic E-state index is -0.599. The summed E-state index contributed by atoms with van der Waals surface area (Å²) in [6.07, 6.45) is -0.510. The molecule has 0 heterocycles. The molecular formula is C18H30N2O3. The Kier molecular flexibility index (Phi) is 7.68. The molecule has 1 unspecified atom stereocenters. The second-order valence-corrected chi connectivity index (χ2v) is 6.55. The van der Waals surface area contributed by atoms with E-state index in [9.17, 15) is 9.90 Å². The van der Waals surface area contributed by atoms with Crippen LogP contribution in [0.15, 0.2) is 12.1 Å². The maximum Gasteiger partial charge on any atom is 0.238 e. The van der Waals surface area contributed by atoms with Crippen LogP contribution in [0.4, 0.5) is 5.69 Å². The molecule has 5 nitrogen and oxygen atoms in total. The maximum atomic E-state index is 12.2. The lowest BCUT2D eigenvalue weighted by atomic mass is 10.1. The lowest BCUT2D eigenvalue weighted by Crippen LogP contribution is -2.37. The zero-order valence-electron chi connectivity index (χ0n) is 15.1. The number of ether oxygens (including phenoxy) is 1. The average molecular weight is 322 g/mol. The Bertz CT molecular complexity index is 506. The molecule has 1 aromatic rings. The molecule has 130 valence electrons. The van der Waals surface area contributed by atoms with Crippen LogP contribution >= 0.6 is 0 Å². The second kappa shape index (κ2) is 9.01. The Balaban J connectivity index is 2.50. The Morgan fingerprint density at radius 1 is 1.26 bits per heavy atom. The highest BCUT2D eigenvalue weighted by atomic mass is 16.5. The van der Waals surface area contributed by atoms with Gasteiger partial charge in [0.25, 0.3) is 0 Å². The van der Waals surface area contributed by atoms with Crippen LogP contribution in [-0.2, 0) is 9.53 Å². The molecule has 5 heteroatoms. The van der Waals surface area contributed by atoms with Gasteiger partial charge in [-0.3, -0.25) is 9.69 Å². The van der Waals surface area contributed by atoms with Crippen molar-refractivity contribution in [2.45, 2.75) is 46.8 Å². The van der Waals surface area contributed by atoms with Gasteiger partial charge in [0, 0.05) is 12.2 Å². The molecule has 0 saturated carbocycles. The van der Waals surface area contributed by atoms with E-state index in [-0.39, 0.29) is 25.2 Å². The first-order valence-electron chi connectivity index (χ1n) is 8.05. The van der Waals surface area contributed by atoms with Crippen molar-refractivity contribution in [2.24, 2.45) is 0 Å². The Labute approximate surface area is 139 Å². The summed E-state index contributed by atoms with van der Waals surface area (Å²) in [5.74, 6) is -0.0838. The largest absolute Gasteiger partial charge is 0.389 e. The Morgan fingerprint density at radius 2 is 1.83 bits per heavy atom. The molecule has 0 aliphatic carbocycles. The molecule has 1 atom stereocenters. The van der Waals surface area contributed by atoms with E-state index >= 15 is 0 Å². The van der Waals surface area contributed by atoms with Crippen molar-refractivity contribution in [3.63, 3.8) is 0 Å². The molecule has 0 bridgehead atoms. The highest BCUT2D eigenvalue weighted by Crippen LogP contribution is 2.21. The highest BCUT2D eigenvalue weighted by Gasteiger charge is 2.14. The summed E-state index contributed by atoms with van der Waals surface area (Å²) in [5, 5.41) is 12.9. The summed E-state index contributed by atoms with van der Waals surface area (Å²) < 4.78 is 5.37. The summed E-state index contributed by atoms with van der Waals surface area (Å²) in [6.45, 7) is 10.8. The van der Waals surface area contributed by atoms with Crippen LogP contribution < -0.4 is 5.32 Å². The summed E-state index contributed by atoms with van der Waals surface area (Å²) in [7, 11) is 1.81. The van der Waals surface area contributed by atoms with Crippen LogP contribution in [0.3, 0.4) is 0 Å². The van der Waals surface area contributed by atoms with Crippen LogP contribution in [0.2, 0.25) is 0 Å².